The smallest absolute Gasteiger partial charge is 0.342 e. The summed E-state index contributed by atoms with van der Waals surface area (Å²) in [5, 5.41) is 9.77. The molecule has 3 atom stereocenters. The zero-order valence-corrected chi connectivity index (χ0v) is 13.0. The van der Waals surface area contributed by atoms with Crippen LogP contribution in [0.3, 0.4) is 0 Å². The molecule has 0 radical (unpaired) electrons. The highest BCUT2D eigenvalue weighted by Gasteiger charge is 2.32. The Bertz CT molecular complexity index is 568. The van der Waals surface area contributed by atoms with Gasteiger partial charge in [0, 0.05) is 18.9 Å². The fraction of sp³-hybridized carbons (Fsp3) is 0.588. The van der Waals surface area contributed by atoms with Crippen molar-refractivity contribution in [1.29, 1.82) is 0 Å². The van der Waals surface area contributed by atoms with E-state index in [9.17, 15) is 9.90 Å². The molecule has 0 amide bonds. The molecule has 0 saturated carbocycles. The topological polar surface area (TPSA) is 65.0 Å². The number of carbonyl (C=O) groups is 1. The van der Waals surface area contributed by atoms with Crippen LogP contribution in [0, 0.1) is 0 Å². The molecule has 0 bridgehead atoms. The molecule has 2 aliphatic rings. The predicted octanol–water partition coefficient (Wildman–Crippen LogP) is 2.83. The Labute approximate surface area is 130 Å². The molecule has 2 aliphatic heterocycles. The number of esters is 1. The Morgan fingerprint density at radius 1 is 1.32 bits per heavy atom. The van der Waals surface area contributed by atoms with E-state index < -0.39 is 0 Å². The van der Waals surface area contributed by atoms with Crippen molar-refractivity contribution in [3.63, 3.8) is 0 Å². The molecule has 1 aromatic carbocycles. The van der Waals surface area contributed by atoms with Crippen LogP contribution in [0.5, 0.6) is 11.5 Å². The Kier molecular flexibility index (Phi) is 4.25. The lowest BCUT2D eigenvalue weighted by Crippen LogP contribution is -2.34. The van der Waals surface area contributed by atoms with Gasteiger partial charge >= 0.3 is 5.97 Å². The molecular formula is C17H22O5. The van der Waals surface area contributed by atoms with Gasteiger partial charge in [0.2, 0.25) is 0 Å². The minimum absolute atomic E-state index is 0.103. The largest absolute Gasteiger partial charge is 0.508 e. The van der Waals surface area contributed by atoms with Gasteiger partial charge in [0.15, 0.2) is 0 Å². The average molecular weight is 306 g/mol. The minimum Gasteiger partial charge on any atom is -0.508 e. The summed E-state index contributed by atoms with van der Waals surface area (Å²) in [4.78, 5) is 12.3. The van der Waals surface area contributed by atoms with Crippen molar-refractivity contribution in [2.75, 3.05) is 7.11 Å². The lowest BCUT2D eigenvalue weighted by Gasteiger charge is -2.32. The van der Waals surface area contributed by atoms with Crippen molar-refractivity contribution in [2.45, 2.75) is 57.3 Å². The number of hydrogen-bond donors (Lipinski definition) is 1. The molecule has 5 heteroatoms. The van der Waals surface area contributed by atoms with Crippen molar-refractivity contribution >= 4 is 5.97 Å². The van der Waals surface area contributed by atoms with Crippen LogP contribution < -0.4 is 4.74 Å². The van der Waals surface area contributed by atoms with Crippen LogP contribution in [0.25, 0.3) is 0 Å². The first kappa shape index (κ1) is 15.2. The summed E-state index contributed by atoms with van der Waals surface area (Å²) in [7, 11) is 1.48. The maximum absolute atomic E-state index is 12.3. The Morgan fingerprint density at radius 2 is 2.14 bits per heavy atom. The van der Waals surface area contributed by atoms with Crippen molar-refractivity contribution in [3.05, 3.63) is 23.3 Å². The second-order valence-electron chi connectivity index (χ2n) is 6.15. The second kappa shape index (κ2) is 6.16. The monoisotopic (exact) mass is 306 g/mol. The molecule has 1 aromatic rings. The van der Waals surface area contributed by atoms with E-state index in [1.165, 1.54) is 13.2 Å². The van der Waals surface area contributed by atoms with Gasteiger partial charge in [-0.3, -0.25) is 0 Å². The summed E-state index contributed by atoms with van der Waals surface area (Å²) in [6.07, 6.45) is 4.74. The number of phenolic OH excluding ortho intramolecular Hbond substituents is 1. The zero-order valence-electron chi connectivity index (χ0n) is 13.0. The van der Waals surface area contributed by atoms with Crippen LogP contribution in [-0.2, 0) is 15.9 Å². The molecule has 1 saturated heterocycles. The Hall–Kier alpha value is -1.75. The van der Waals surface area contributed by atoms with E-state index in [0.29, 0.717) is 24.2 Å². The van der Waals surface area contributed by atoms with Crippen molar-refractivity contribution in [2.24, 2.45) is 0 Å². The van der Waals surface area contributed by atoms with E-state index >= 15 is 0 Å². The molecule has 2 heterocycles. The van der Waals surface area contributed by atoms with Crippen LogP contribution in [0.2, 0.25) is 0 Å². The molecular weight excluding hydrogens is 284 g/mol. The summed E-state index contributed by atoms with van der Waals surface area (Å²) in [5.74, 6) is 0.0829. The molecule has 0 aromatic heterocycles. The van der Waals surface area contributed by atoms with Crippen LogP contribution in [-0.4, -0.2) is 36.5 Å². The first-order valence-corrected chi connectivity index (χ1v) is 7.83. The molecule has 120 valence electrons. The van der Waals surface area contributed by atoms with Crippen molar-refractivity contribution < 1.29 is 24.1 Å². The number of phenols is 1. The molecule has 0 unspecified atom stereocenters. The number of rotatable bonds is 3. The molecule has 3 rings (SSSR count). The summed E-state index contributed by atoms with van der Waals surface area (Å²) in [6, 6.07) is 3.06. The quantitative estimate of drug-likeness (QED) is 0.870. The maximum Gasteiger partial charge on any atom is 0.342 e. The number of benzene rings is 1. The van der Waals surface area contributed by atoms with Gasteiger partial charge < -0.3 is 19.3 Å². The maximum atomic E-state index is 12.3. The fourth-order valence-electron chi connectivity index (χ4n) is 3.40. The van der Waals surface area contributed by atoms with E-state index in [2.05, 4.69) is 6.92 Å². The minimum atomic E-state index is -0.382. The third-order valence-corrected chi connectivity index (χ3v) is 4.40. The lowest BCUT2D eigenvalue weighted by atomic mass is 9.92. The number of ether oxygens (including phenoxy) is 3. The first-order valence-electron chi connectivity index (χ1n) is 7.83. The predicted molar refractivity (Wildman–Crippen MR) is 80.4 cm³/mol. The number of hydrogen-bond acceptors (Lipinski definition) is 5. The number of fused-ring (bicyclic) bond motifs is 1. The molecule has 1 fully saturated rings. The van der Waals surface area contributed by atoms with E-state index in [0.717, 1.165) is 24.8 Å². The molecule has 1 N–H and O–H groups in total. The molecule has 0 spiro atoms. The van der Waals surface area contributed by atoms with Crippen molar-refractivity contribution in [3.8, 4) is 11.5 Å². The highest BCUT2D eigenvalue weighted by Crippen LogP contribution is 2.35. The fourth-order valence-corrected chi connectivity index (χ4v) is 3.40. The van der Waals surface area contributed by atoms with E-state index in [1.54, 1.807) is 6.07 Å². The van der Waals surface area contributed by atoms with Gasteiger partial charge in [-0.15, -0.1) is 0 Å². The summed E-state index contributed by atoms with van der Waals surface area (Å²) < 4.78 is 16.6. The van der Waals surface area contributed by atoms with Gasteiger partial charge in [0.25, 0.3) is 0 Å². The van der Waals surface area contributed by atoms with Crippen LogP contribution in [0.15, 0.2) is 12.1 Å². The molecule has 22 heavy (non-hydrogen) atoms. The Balaban J connectivity index is 1.76. The van der Waals surface area contributed by atoms with Crippen LogP contribution >= 0.6 is 0 Å². The Morgan fingerprint density at radius 3 is 2.86 bits per heavy atom. The third kappa shape index (κ3) is 3.04. The van der Waals surface area contributed by atoms with Gasteiger partial charge in [-0.25, -0.2) is 4.79 Å². The van der Waals surface area contributed by atoms with Crippen molar-refractivity contribution in [1.82, 2.24) is 0 Å². The third-order valence-electron chi connectivity index (χ3n) is 4.40. The van der Waals surface area contributed by atoms with Gasteiger partial charge in [-0.2, -0.15) is 0 Å². The molecule has 0 aliphatic carbocycles. The second-order valence-corrected chi connectivity index (χ2v) is 6.15. The number of cyclic esters (lactones) is 1. The van der Waals surface area contributed by atoms with E-state index in [4.69, 9.17) is 14.2 Å². The highest BCUT2D eigenvalue weighted by atomic mass is 16.6. The van der Waals surface area contributed by atoms with E-state index in [-0.39, 0.29) is 30.0 Å². The summed E-state index contributed by atoms with van der Waals surface area (Å²) in [5.41, 5.74) is 1.21. The number of methoxy groups -OCH3 is 1. The highest BCUT2D eigenvalue weighted by molar-refractivity contribution is 5.95. The summed E-state index contributed by atoms with van der Waals surface area (Å²) >= 11 is 0. The van der Waals surface area contributed by atoms with Crippen LogP contribution in [0.1, 0.15) is 48.5 Å². The molecule has 5 nitrogen and oxygen atoms in total. The standard InChI is InChI=1S/C17H22O5/c1-10-4-3-5-13(21-10)9-14-7-11-6-12(18)8-15(20-2)16(11)17(19)22-14/h6,8,10,13-14,18H,3-5,7,9H2,1-2H3/t10-,13+,14+/m0/s1. The van der Waals surface area contributed by atoms with Gasteiger partial charge in [-0.05, 0) is 37.8 Å². The average Bonchev–Trinajstić information content (AvgIpc) is 2.45. The summed E-state index contributed by atoms with van der Waals surface area (Å²) in [6.45, 7) is 2.08. The normalized spacial score (nSPS) is 27.9. The van der Waals surface area contributed by atoms with E-state index in [1.807, 2.05) is 0 Å². The van der Waals surface area contributed by atoms with Gasteiger partial charge in [-0.1, -0.05) is 0 Å². The number of carbonyl (C=O) groups excluding carboxylic acids is 1. The first-order chi connectivity index (χ1) is 10.6. The number of aromatic hydroxyl groups is 1. The van der Waals surface area contributed by atoms with Gasteiger partial charge in [0.05, 0.1) is 19.3 Å². The zero-order chi connectivity index (χ0) is 15.7. The van der Waals surface area contributed by atoms with Crippen LogP contribution in [0.4, 0.5) is 0 Å². The lowest BCUT2D eigenvalue weighted by molar-refractivity contribution is -0.0647. The van der Waals surface area contributed by atoms with Gasteiger partial charge in [0.1, 0.15) is 23.2 Å². The SMILES string of the molecule is COc1cc(O)cc2c1C(=O)O[C@@H](C[C@H]1CCC[C@H](C)O1)C2.